The molecule has 2 heterocycles. The van der Waals surface area contributed by atoms with Crippen LogP contribution in [0, 0.1) is 22.7 Å². The van der Waals surface area contributed by atoms with Gasteiger partial charge in [-0.3, -0.25) is 9.59 Å². The molecule has 0 spiro atoms. The summed E-state index contributed by atoms with van der Waals surface area (Å²) in [5.41, 5.74) is 0.687. The zero-order chi connectivity index (χ0) is 32.3. The molecule has 16 heteroatoms. The molecule has 45 heavy (non-hydrogen) atoms. The topological polar surface area (TPSA) is 159 Å². The molecule has 0 aliphatic heterocycles. The first-order valence-corrected chi connectivity index (χ1v) is 14.6. The van der Waals surface area contributed by atoms with E-state index in [1.165, 1.54) is 6.92 Å². The molecule has 2 amide bonds. The number of benzene rings is 1. The summed E-state index contributed by atoms with van der Waals surface area (Å²) in [6.07, 6.45) is -6.15. The Morgan fingerprint density at radius 2 is 1.91 bits per heavy atom. The zero-order valence-corrected chi connectivity index (χ0v) is 24.3. The maximum atomic E-state index is 13.4. The van der Waals surface area contributed by atoms with Gasteiger partial charge in [0.05, 0.1) is 34.7 Å². The highest BCUT2D eigenvalue weighted by molar-refractivity contribution is 5.93. The number of hydrogen-bond donors (Lipinski definition) is 3. The summed E-state index contributed by atoms with van der Waals surface area (Å²) in [6.45, 7) is 2.22. The largest absolute Gasteiger partial charge is 0.414 e. The van der Waals surface area contributed by atoms with Crippen LogP contribution in [0.3, 0.4) is 0 Å². The molecular weight excluding hydrogens is 605 g/mol. The van der Waals surface area contributed by atoms with Gasteiger partial charge in [-0.2, -0.15) is 18.4 Å². The van der Waals surface area contributed by atoms with Crippen LogP contribution >= 0.6 is 0 Å². The number of hydrogen-bond acceptors (Lipinski definition) is 8. The van der Waals surface area contributed by atoms with Gasteiger partial charge in [-0.25, -0.2) is 18.4 Å². The lowest BCUT2D eigenvalue weighted by Crippen LogP contribution is -2.41. The Kier molecular flexibility index (Phi) is 7.57. The first-order valence-electron chi connectivity index (χ1n) is 14.6. The second-order valence-electron chi connectivity index (χ2n) is 12.3. The van der Waals surface area contributed by atoms with E-state index in [0.29, 0.717) is 35.1 Å². The van der Waals surface area contributed by atoms with E-state index in [9.17, 15) is 36.8 Å². The van der Waals surface area contributed by atoms with Crippen LogP contribution in [-0.2, 0) is 9.53 Å². The van der Waals surface area contributed by atoms with Gasteiger partial charge in [-0.15, -0.1) is 0 Å². The van der Waals surface area contributed by atoms with Gasteiger partial charge in [-0.05, 0) is 62.4 Å². The number of aromatic amines is 1. The van der Waals surface area contributed by atoms with Crippen molar-refractivity contribution < 1.29 is 40.9 Å². The Balaban J connectivity index is 1.28. The summed E-state index contributed by atoms with van der Waals surface area (Å²) in [4.78, 5) is 33.5. The second-order valence-corrected chi connectivity index (χ2v) is 12.3. The predicted molar refractivity (Wildman–Crippen MR) is 144 cm³/mol. The van der Waals surface area contributed by atoms with E-state index in [4.69, 9.17) is 9.37 Å². The van der Waals surface area contributed by atoms with Crippen molar-refractivity contribution in [1.82, 2.24) is 30.9 Å². The minimum Gasteiger partial charge on any atom is -0.364 e. The van der Waals surface area contributed by atoms with E-state index in [0.717, 1.165) is 19.8 Å². The predicted octanol–water partition coefficient (Wildman–Crippen LogP) is 5.16. The van der Waals surface area contributed by atoms with Crippen LogP contribution in [0.25, 0.3) is 11.0 Å². The molecule has 3 aromatic rings. The molecule has 2 aromatic heterocycles. The van der Waals surface area contributed by atoms with Crippen LogP contribution in [-0.4, -0.2) is 56.4 Å². The van der Waals surface area contributed by atoms with Gasteiger partial charge in [0.25, 0.3) is 11.8 Å². The van der Waals surface area contributed by atoms with Crippen molar-refractivity contribution in [2.45, 2.75) is 94.7 Å². The van der Waals surface area contributed by atoms with Crippen molar-refractivity contribution in [3.8, 4) is 6.07 Å². The van der Waals surface area contributed by atoms with Gasteiger partial charge in [0.2, 0.25) is 5.91 Å². The van der Waals surface area contributed by atoms with Gasteiger partial charge in [0.15, 0.2) is 11.8 Å². The van der Waals surface area contributed by atoms with Crippen LogP contribution < -0.4 is 10.6 Å². The quantitative estimate of drug-likeness (QED) is 0.230. The molecule has 1 aromatic carbocycles. The van der Waals surface area contributed by atoms with Crippen LogP contribution in [0.5, 0.6) is 0 Å². The third kappa shape index (κ3) is 6.35. The summed E-state index contributed by atoms with van der Waals surface area (Å²) in [6, 6.07) is 5.13. The fraction of sp³-hybridized carbons (Fsp3) is 0.586. The third-order valence-corrected chi connectivity index (χ3v) is 8.74. The molecule has 3 saturated carbocycles. The summed E-state index contributed by atoms with van der Waals surface area (Å²) in [7, 11) is 0. The Morgan fingerprint density at radius 3 is 2.51 bits per heavy atom. The fourth-order valence-electron chi connectivity index (χ4n) is 5.52. The average molecular weight is 636 g/mol. The Bertz CT molecular complexity index is 1660. The molecule has 6 rings (SSSR count). The van der Waals surface area contributed by atoms with E-state index >= 15 is 0 Å². The summed E-state index contributed by atoms with van der Waals surface area (Å²) >= 11 is 0. The molecule has 3 N–H and O–H groups in total. The molecule has 240 valence electrons. The first kappa shape index (κ1) is 30.9. The molecule has 11 nitrogen and oxygen atoms in total. The number of fused-ring (bicyclic) bond motifs is 1. The van der Waals surface area contributed by atoms with Gasteiger partial charge < -0.3 is 20.4 Å². The van der Waals surface area contributed by atoms with Gasteiger partial charge in [0, 0.05) is 24.7 Å². The van der Waals surface area contributed by atoms with Crippen LogP contribution in [0.15, 0.2) is 22.8 Å². The molecule has 0 radical (unpaired) electrons. The first-order chi connectivity index (χ1) is 21.2. The number of carbonyl (C=O) groups excluding carboxylic acids is 2. The van der Waals surface area contributed by atoms with E-state index in [1.54, 1.807) is 18.2 Å². The molecule has 3 aliphatic rings. The molecule has 0 unspecified atom stereocenters. The third-order valence-electron chi connectivity index (χ3n) is 8.74. The van der Waals surface area contributed by atoms with Crippen molar-refractivity contribution in [3.05, 3.63) is 41.0 Å². The number of nitrogens with zero attached hydrogens (tertiary/aromatic N) is 4. The van der Waals surface area contributed by atoms with E-state index in [1.807, 2.05) is 0 Å². The number of H-pyrrole nitrogens is 1. The van der Waals surface area contributed by atoms with E-state index < -0.39 is 59.5 Å². The number of halogens is 5. The number of ether oxygens (including phenoxy) is 1. The standard InChI is InChI=1S/C29H30F5N7O4/c1-13(44-14(2)29(32,33)34)21(39-26(43)23-22(15-3-4-15)40-45-41-23)25-36-18-6-5-16(9-19(18)37-25)24(27(12-35)7-8-27)38-20(42)10-17-11-28(17,30)31/h5-6,9,13-15,17,21,24H,3-4,7-8,10-11H2,1-2H3,(H,36,37)(H,38,42)(H,39,43)/t13-,14-,17+,21+,24+/m1/s1. The van der Waals surface area contributed by atoms with E-state index in [-0.39, 0.29) is 30.3 Å². The van der Waals surface area contributed by atoms with Gasteiger partial charge in [-0.1, -0.05) is 11.2 Å². The Morgan fingerprint density at radius 1 is 1.20 bits per heavy atom. The summed E-state index contributed by atoms with van der Waals surface area (Å²) in [5.74, 6) is -5.12. The smallest absolute Gasteiger partial charge is 0.364 e. The zero-order valence-electron chi connectivity index (χ0n) is 24.3. The Labute approximate surface area is 253 Å². The maximum Gasteiger partial charge on any atom is 0.414 e. The molecular formula is C29H30F5N7O4. The lowest BCUT2D eigenvalue weighted by atomic mass is 9.90. The molecule has 0 bridgehead atoms. The van der Waals surface area contributed by atoms with E-state index in [2.05, 4.69) is 37.0 Å². The number of nitrogens with one attached hydrogen (secondary N) is 3. The lowest BCUT2D eigenvalue weighted by molar-refractivity contribution is -0.227. The van der Waals surface area contributed by atoms with Crippen LogP contribution in [0.1, 0.15) is 97.9 Å². The van der Waals surface area contributed by atoms with Crippen molar-refractivity contribution in [1.29, 1.82) is 5.26 Å². The fourth-order valence-corrected chi connectivity index (χ4v) is 5.52. The summed E-state index contributed by atoms with van der Waals surface area (Å²) in [5, 5.41) is 22.8. The maximum absolute atomic E-state index is 13.4. The average Bonchev–Trinajstić information content (AvgIpc) is 3.94. The van der Waals surface area contributed by atoms with Crippen molar-refractivity contribution in [2.24, 2.45) is 11.3 Å². The number of rotatable bonds is 12. The summed E-state index contributed by atoms with van der Waals surface area (Å²) < 4.78 is 77.0. The van der Waals surface area contributed by atoms with Crippen molar-refractivity contribution in [2.75, 3.05) is 0 Å². The minimum atomic E-state index is -4.66. The number of nitriles is 1. The van der Waals surface area contributed by atoms with Gasteiger partial charge in [0.1, 0.15) is 17.6 Å². The molecule has 0 saturated heterocycles. The monoisotopic (exact) mass is 635 g/mol. The Hall–Kier alpha value is -4.13. The SMILES string of the molecule is C[C@@H](O[C@H](C)C(F)(F)F)[C@H](NC(=O)c1nonc1C1CC1)c1nc2ccc([C@H](NC(=O)C[C@H]3CC3(F)F)C3(C#N)CC3)cc2[nH]1. The number of amides is 2. The van der Waals surface area contributed by atoms with Crippen molar-refractivity contribution in [3.63, 3.8) is 0 Å². The molecule has 3 fully saturated rings. The normalized spacial score (nSPS) is 22.6. The number of imidazole rings is 1. The second kappa shape index (κ2) is 11.0. The highest BCUT2D eigenvalue weighted by Crippen LogP contribution is 2.55. The van der Waals surface area contributed by atoms with Crippen LogP contribution in [0.4, 0.5) is 22.0 Å². The highest BCUT2D eigenvalue weighted by Gasteiger charge is 2.58. The van der Waals surface area contributed by atoms with Gasteiger partial charge >= 0.3 is 6.18 Å². The van der Waals surface area contributed by atoms with Crippen LogP contribution in [0.2, 0.25) is 0 Å². The number of aromatic nitrogens is 4. The highest BCUT2D eigenvalue weighted by atomic mass is 19.4. The molecule has 3 aliphatic carbocycles. The van der Waals surface area contributed by atoms with Crippen molar-refractivity contribution >= 4 is 22.8 Å². The minimum absolute atomic E-state index is 0.0105. The number of alkyl halides is 5. The lowest BCUT2D eigenvalue weighted by Gasteiger charge is -2.27. The molecule has 5 atom stereocenters. The number of carbonyl (C=O) groups is 2.